The third-order valence-electron chi connectivity index (χ3n) is 3.05. The number of benzene rings is 2. The maximum absolute atomic E-state index is 6.13. The summed E-state index contributed by atoms with van der Waals surface area (Å²) in [5, 5.41) is 4.35. The molecule has 0 aliphatic rings. The van der Waals surface area contributed by atoms with E-state index in [0.29, 0.717) is 0 Å². The van der Waals surface area contributed by atoms with Crippen molar-refractivity contribution < 1.29 is 0 Å². The molecule has 0 aromatic heterocycles. The van der Waals surface area contributed by atoms with Gasteiger partial charge < -0.3 is 5.32 Å². The predicted octanol–water partition coefficient (Wildman–Crippen LogP) is 5.95. The molecule has 20 heavy (non-hydrogen) atoms. The molecule has 0 saturated heterocycles. The van der Waals surface area contributed by atoms with Crippen molar-refractivity contribution in [3.63, 3.8) is 0 Å². The van der Waals surface area contributed by atoms with Gasteiger partial charge in [0.15, 0.2) is 0 Å². The van der Waals surface area contributed by atoms with Crippen LogP contribution in [0, 0.1) is 0 Å². The lowest BCUT2D eigenvalue weighted by Gasteiger charge is -2.21. The van der Waals surface area contributed by atoms with Gasteiger partial charge >= 0.3 is 0 Å². The Labute approximate surface area is 142 Å². The van der Waals surface area contributed by atoms with E-state index in [1.54, 1.807) is 0 Å². The standard InChI is InChI=1S/C16H16Br2ClN/c1-2-8-20-16(11-4-3-5-13(19)9-11)14-7-6-12(17)10-15(14)18/h3-7,9-10,16,20H,2,8H2,1H3. The summed E-state index contributed by atoms with van der Waals surface area (Å²) >= 11 is 13.3. The van der Waals surface area contributed by atoms with Gasteiger partial charge in [0.25, 0.3) is 0 Å². The first-order chi connectivity index (χ1) is 9.61. The maximum Gasteiger partial charge on any atom is 0.0588 e. The summed E-state index contributed by atoms with van der Waals surface area (Å²) in [5.74, 6) is 0. The molecule has 0 amide bonds. The molecule has 0 saturated carbocycles. The van der Waals surface area contributed by atoms with Gasteiger partial charge in [-0.05, 0) is 48.4 Å². The highest BCUT2D eigenvalue weighted by Gasteiger charge is 2.16. The predicted molar refractivity (Wildman–Crippen MR) is 93.4 cm³/mol. The summed E-state index contributed by atoms with van der Waals surface area (Å²) in [5.41, 5.74) is 2.39. The zero-order chi connectivity index (χ0) is 14.5. The number of nitrogens with one attached hydrogen (secondary N) is 1. The summed E-state index contributed by atoms with van der Waals surface area (Å²) in [6, 6.07) is 14.4. The topological polar surface area (TPSA) is 12.0 Å². The Balaban J connectivity index is 2.41. The lowest BCUT2D eigenvalue weighted by Crippen LogP contribution is -2.23. The Bertz CT molecular complexity index is 586. The second kappa shape index (κ2) is 7.60. The van der Waals surface area contributed by atoms with Crippen LogP contribution in [0.25, 0.3) is 0 Å². The van der Waals surface area contributed by atoms with E-state index < -0.39 is 0 Å². The first-order valence-corrected chi connectivity index (χ1v) is 8.52. The molecule has 1 atom stereocenters. The molecule has 2 aromatic carbocycles. The zero-order valence-corrected chi connectivity index (χ0v) is 15.1. The number of rotatable bonds is 5. The van der Waals surface area contributed by atoms with Crippen molar-refractivity contribution in [3.8, 4) is 0 Å². The van der Waals surface area contributed by atoms with Gasteiger partial charge in [0, 0.05) is 14.0 Å². The average Bonchev–Trinajstić information content (AvgIpc) is 2.41. The molecule has 1 N–H and O–H groups in total. The van der Waals surface area contributed by atoms with Crippen LogP contribution in [-0.4, -0.2) is 6.54 Å². The molecule has 0 spiro atoms. The fourth-order valence-electron chi connectivity index (χ4n) is 2.12. The molecule has 106 valence electrons. The van der Waals surface area contributed by atoms with Crippen molar-refractivity contribution in [2.45, 2.75) is 19.4 Å². The molecule has 4 heteroatoms. The van der Waals surface area contributed by atoms with E-state index in [9.17, 15) is 0 Å². The van der Waals surface area contributed by atoms with Gasteiger partial charge in [-0.25, -0.2) is 0 Å². The Kier molecular flexibility index (Phi) is 6.09. The first-order valence-electron chi connectivity index (χ1n) is 6.55. The second-order valence-corrected chi connectivity index (χ2v) is 6.81. The van der Waals surface area contributed by atoms with Gasteiger partial charge in [-0.3, -0.25) is 0 Å². The van der Waals surface area contributed by atoms with Gasteiger partial charge in [0.05, 0.1) is 6.04 Å². The molecule has 0 aliphatic heterocycles. The van der Waals surface area contributed by atoms with Gasteiger partial charge in [-0.2, -0.15) is 0 Å². The minimum atomic E-state index is 0.135. The van der Waals surface area contributed by atoms with E-state index in [2.05, 4.69) is 68.4 Å². The molecular weight excluding hydrogens is 401 g/mol. The minimum Gasteiger partial charge on any atom is -0.306 e. The van der Waals surface area contributed by atoms with Crippen molar-refractivity contribution in [1.29, 1.82) is 0 Å². The van der Waals surface area contributed by atoms with Crippen LogP contribution in [0.15, 0.2) is 51.4 Å². The molecule has 1 nitrogen and oxygen atoms in total. The average molecular weight is 418 g/mol. The van der Waals surface area contributed by atoms with Crippen LogP contribution in [-0.2, 0) is 0 Å². The van der Waals surface area contributed by atoms with Crippen LogP contribution in [0.3, 0.4) is 0 Å². The van der Waals surface area contributed by atoms with E-state index in [1.807, 2.05) is 18.2 Å². The minimum absolute atomic E-state index is 0.135. The summed E-state index contributed by atoms with van der Waals surface area (Å²) < 4.78 is 2.15. The maximum atomic E-state index is 6.13. The largest absolute Gasteiger partial charge is 0.306 e. The lowest BCUT2D eigenvalue weighted by atomic mass is 9.98. The second-order valence-electron chi connectivity index (χ2n) is 4.61. The summed E-state index contributed by atoms with van der Waals surface area (Å²) in [6.07, 6.45) is 1.09. The Morgan fingerprint density at radius 1 is 1.15 bits per heavy atom. The number of hydrogen-bond donors (Lipinski definition) is 1. The molecule has 0 heterocycles. The Morgan fingerprint density at radius 3 is 2.60 bits per heavy atom. The summed E-state index contributed by atoms with van der Waals surface area (Å²) in [4.78, 5) is 0. The van der Waals surface area contributed by atoms with Gasteiger partial charge in [0.2, 0.25) is 0 Å². The monoisotopic (exact) mass is 415 g/mol. The van der Waals surface area contributed by atoms with Crippen molar-refractivity contribution in [1.82, 2.24) is 5.32 Å². The van der Waals surface area contributed by atoms with Crippen LogP contribution < -0.4 is 5.32 Å². The van der Waals surface area contributed by atoms with Crippen LogP contribution in [0.4, 0.5) is 0 Å². The van der Waals surface area contributed by atoms with Crippen LogP contribution in [0.2, 0.25) is 5.02 Å². The molecule has 2 aromatic rings. The quantitative estimate of drug-likeness (QED) is 0.633. The third-order valence-corrected chi connectivity index (χ3v) is 4.47. The Hall–Kier alpha value is -0.350. The molecule has 0 fully saturated rings. The highest BCUT2D eigenvalue weighted by molar-refractivity contribution is 9.11. The van der Waals surface area contributed by atoms with E-state index in [0.717, 1.165) is 26.9 Å². The SMILES string of the molecule is CCCNC(c1cccc(Cl)c1)c1ccc(Br)cc1Br. The van der Waals surface area contributed by atoms with E-state index in [1.165, 1.54) is 11.1 Å². The lowest BCUT2D eigenvalue weighted by molar-refractivity contribution is 0.597. The molecular formula is C16H16Br2ClN. The van der Waals surface area contributed by atoms with Crippen LogP contribution in [0.1, 0.15) is 30.5 Å². The zero-order valence-electron chi connectivity index (χ0n) is 11.2. The molecule has 0 aliphatic carbocycles. The Morgan fingerprint density at radius 2 is 1.95 bits per heavy atom. The third kappa shape index (κ3) is 4.08. The normalized spacial score (nSPS) is 12.4. The number of hydrogen-bond acceptors (Lipinski definition) is 1. The van der Waals surface area contributed by atoms with Crippen molar-refractivity contribution in [2.24, 2.45) is 0 Å². The molecule has 0 radical (unpaired) electrons. The molecule has 2 rings (SSSR count). The van der Waals surface area contributed by atoms with E-state index in [4.69, 9.17) is 11.6 Å². The fourth-order valence-corrected chi connectivity index (χ4v) is 3.59. The highest BCUT2D eigenvalue weighted by atomic mass is 79.9. The highest BCUT2D eigenvalue weighted by Crippen LogP contribution is 2.31. The van der Waals surface area contributed by atoms with Gasteiger partial charge in [0.1, 0.15) is 0 Å². The fraction of sp³-hybridized carbons (Fsp3) is 0.250. The smallest absolute Gasteiger partial charge is 0.0588 e. The first kappa shape index (κ1) is 16.0. The van der Waals surface area contributed by atoms with Gasteiger partial charge in [-0.1, -0.05) is 68.6 Å². The number of halogens is 3. The van der Waals surface area contributed by atoms with Crippen LogP contribution >= 0.6 is 43.5 Å². The van der Waals surface area contributed by atoms with Crippen molar-refractivity contribution >= 4 is 43.5 Å². The van der Waals surface area contributed by atoms with Gasteiger partial charge in [-0.15, -0.1) is 0 Å². The summed E-state index contributed by atoms with van der Waals surface area (Å²) in [6.45, 7) is 3.12. The summed E-state index contributed by atoms with van der Waals surface area (Å²) in [7, 11) is 0. The van der Waals surface area contributed by atoms with Crippen molar-refractivity contribution in [2.75, 3.05) is 6.54 Å². The van der Waals surface area contributed by atoms with E-state index in [-0.39, 0.29) is 6.04 Å². The molecule has 0 bridgehead atoms. The van der Waals surface area contributed by atoms with E-state index >= 15 is 0 Å². The molecule has 1 unspecified atom stereocenters. The van der Waals surface area contributed by atoms with Crippen LogP contribution in [0.5, 0.6) is 0 Å². The van der Waals surface area contributed by atoms with Crippen molar-refractivity contribution in [3.05, 3.63) is 67.6 Å².